The molecule has 1 aliphatic heterocycles. The molecular formula is C15H22F2N2O2. The second kappa shape index (κ2) is 7.02. The van der Waals surface area contributed by atoms with Crippen molar-refractivity contribution in [3.8, 4) is 0 Å². The summed E-state index contributed by atoms with van der Waals surface area (Å²) in [6.45, 7) is 2.65. The summed E-state index contributed by atoms with van der Waals surface area (Å²) >= 11 is 0. The van der Waals surface area contributed by atoms with Crippen molar-refractivity contribution in [1.82, 2.24) is 9.47 Å². The van der Waals surface area contributed by atoms with Gasteiger partial charge in [-0.1, -0.05) is 6.92 Å². The lowest BCUT2D eigenvalue weighted by Gasteiger charge is -2.32. The van der Waals surface area contributed by atoms with Crippen molar-refractivity contribution < 1.29 is 18.3 Å². The van der Waals surface area contributed by atoms with Crippen LogP contribution in [0.2, 0.25) is 0 Å². The molecule has 0 N–H and O–H groups in total. The maximum absolute atomic E-state index is 13.1. The normalized spacial score (nSPS) is 19.3. The Morgan fingerprint density at radius 3 is 2.90 bits per heavy atom. The third-order valence-corrected chi connectivity index (χ3v) is 3.76. The van der Waals surface area contributed by atoms with Gasteiger partial charge in [-0.2, -0.15) is 8.78 Å². The maximum Gasteiger partial charge on any atom is 0.319 e. The van der Waals surface area contributed by atoms with E-state index < -0.39 is 6.55 Å². The van der Waals surface area contributed by atoms with Crippen LogP contribution in [0.1, 0.15) is 48.9 Å². The highest BCUT2D eigenvalue weighted by molar-refractivity contribution is 5.93. The minimum Gasteiger partial charge on any atom is -0.376 e. The molecule has 2 heterocycles. The van der Waals surface area contributed by atoms with Crippen LogP contribution in [0.25, 0.3) is 0 Å². The van der Waals surface area contributed by atoms with E-state index in [0.29, 0.717) is 25.4 Å². The lowest BCUT2D eigenvalue weighted by Crippen LogP contribution is -2.44. The van der Waals surface area contributed by atoms with Crippen LogP contribution in [-0.4, -0.2) is 41.2 Å². The number of carbonyl (C=O) groups excluding carboxylic acids is 1. The van der Waals surface area contributed by atoms with Crippen LogP contribution in [0.5, 0.6) is 0 Å². The van der Waals surface area contributed by atoms with Crippen LogP contribution >= 0.6 is 0 Å². The van der Waals surface area contributed by atoms with Crippen LogP contribution in [0.4, 0.5) is 8.78 Å². The molecule has 1 aromatic rings. The van der Waals surface area contributed by atoms with E-state index in [-0.39, 0.29) is 17.7 Å². The highest BCUT2D eigenvalue weighted by atomic mass is 19.3. The number of likely N-dealkylation sites (tertiary alicyclic amines) is 1. The highest BCUT2D eigenvalue weighted by Crippen LogP contribution is 2.22. The lowest BCUT2D eigenvalue weighted by molar-refractivity contribution is 0.000670. The van der Waals surface area contributed by atoms with Crippen LogP contribution in [0.15, 0.2) is 12.1 Å². The van der Waals surface area contributed by atoms with Gasteiger partial charge in [-0.15, -0.1) is 0 Å². The predicted molar refractivity (Wildman–Crippen MR) is 75.6 cm³/mol. The molecule has 0 radical (unpaired) electrons. The molecule has 1 atom stereocenters. The molecule has 6 heteroatoms. The number of hydrogen-bond donors (Lipinski definition) is 0. The Kier molecular flexibility index (Phi) is 5.33. The van der Waals surface area contributed by atoms with Crippen LogP contribution in [0, 0.1) is 6.92 Å². The Bertz CT molecular complexity index is 488. The van der Waals surface area contributed by atoms with Gasteiger partial charge < -0.3 is 9.64 Å². The standard InChI is InChI=1S/C15H22F2N2O2/c1-3-9-21-12-5-4-8-18(10-12)14(20)13-7-6-11(2)19(13)15(16)17/h6-7,12,15H,3-5,8-10H2,1-2H3/t12-/m1/s1. The fourth-order valence-corrected chi connectivity index (χ4v) is 2.69. The zero-order chi connectivity index (χ0) is 15.4. The smallest absolute Gasteiger partial charge is 0.319 e. The summed E-state index contributed by atoms with van der Waals surface area (Å²) in [5.41, 5.74) is 0.447. The van der Waals surface area contributed by atoms with Crippen molar-refractivity contribution in [2.45, 2.75) is 45.8 Å². The first kappa shape index (κ1) is 15.9. The van der Waals surface area contributed by atoms with Crippen molar-refractivity contribution in [1.29, 1.82) is 0 Å². The number of aryl methyl sites for hydroxylation is 1. The van der Waals surface area contributed by atoms with E-state index in [1.54, 1.807) is 17.9 Å². The lowest BCUT2D eigenvalue weighted by atomic mass is 10.1. The van der Waals surface area contributed by atoms with Crippen molar-refractivity contribution in [2.24, 2.45) is 0 Å². The molecule has 1 saturated heterocycles. The van der Waals surface area contributed by atoms with Gasteiger partial charge in [-0.05, 0) is 38.3 Å². The molecule has 118 valence electrons. The summed E-state index contributed by atoms with van der Waals surface area (Å²) in [6, 6.07) is 3.02. The van der Waals surface area contributed by atoms with Crippen LogP contribution < -0.4 is 0 Å². The topological polar surface area (TPSA) is 34.5 Å². The third-order valence-electron chi connectivity index (χ3n) is 3.76. The quantitative estimate of drug-likeness (QED) is 0.837. The zero-order valence-corrected chi connectivity index (χ0v) is 12.5. The van der Waals surface area contributed by atoms with Gasteiger partial charge in [0.2, 0.25) is 0 Å². The molecule has 0 saturated carbocycles. The number of halogens is 2. The Morgan fingerprint density at radius 2 is 2.24 bits per heavy atom. The van der Waals surface area contributed by atoms with E-state index in [1.807, 2.05) is 6.92 Å². The van der Waals surface area contributed by atoms with Gasteiger partial charge in [0, 0.05) is 25.4 Å². The average Bonchev–Trinajstić information content (AvgIpc) is 2.86. The summed E-state index contributed by atoms with van der Waals surface area (Å²) in [6.07, 6.45) is 2.70. The van der Waals surface area contributed by atoms with Gasteiger partial charge in [0.1, 0.15) is 5.69 Å². The molecule has 0 spiro atoms. The molecule has 21 heavy (non-hydrogen) atoms. The van der Waals surface area contributed by atoms with E-state index in [4.69, 9.17) is 4.74 Å². The Balaban J connectivity index is 2.09. The molecule has 1 amide bonds. The molecule has 1 fully saturated rings. The van der Waals surface area contributed by atoms with E-state index >= 15 is 0 Å². The summed E-state index contributed by atoms with van der Waals surface area (Å²) in [7, 11) is 0. The number of ether oxygens (including phenoxy) is 1. The third kappa shape index (κ3) is 3.61. The number of aromatic nitrogens is 1. The average molecular weight is 300 g/mol. The van der Waals surface area contributed by atoms with E-state index in [9.17, 15) is 13.6 Å². The van der Waals surface area contributed by atoms with Crippen molar-refractivity contribution in [3.05, 3.63) is 23.5 Å². The SMILES string of the molecule is CCCO[C@@H]1CCCN(C(=O)c2ccc(C)n2C(F)F)C1. The summed E-state index contributed by atoms with van der Waals surface area (Å²) in [4.78, 5) is 14.1. The molecule has 1 aromatic heterocycles. The summed E-state index contributed by atoms with van der Waals surface area (Å²) in [5.74, 6) is -0.340. The number of carbonyl (C=O) groups is 1. The van der Waals surface area contributed by atoms with Crippen LogP contribution in [-0.2, 0) is 4.74 Å². The number of amides is 1. The number of alkyl halides is 2. The van der Waals surface area contributed by atoms with Gasteiger partial charge in [-0.3, -0.25) is 9.36 Å². The second-order valence-electron chi connectivity index (χ2n) is 5.39. The minimum atomic E-state index is -2.70. The minimum absolute atomic E-state index is 0.0127. The number of rotatable bonds is 5. The van der Waals surface area contributed by atoms with E-state index in [1.165, 1.54) is 6.07 Å². The first-order chi connectivity index (χ1) is 10.0. The first-order valence-electron chi connectivity index (χ1n) is 7.41. The van der Waals surface area contributed by atoms with Gasteiger partial charge in [0.15, 0.2) is 0 Å². The first-order valence-corrected chi connectivity index (χ1v) is 7.41. The van der Waals surface area contributed by atoms with E-state index in [2.05, 4.69) is 0 Å². The Hall–Kier alpha value is -1.43. The number of piperidine rings is 1. The monoisotopic (exact) mass is 300 g/mol. The Labute approximate surface area is 123 Å². The molecule has 4 nitrogen and oxygen atoms in total. The zero-order valence-electron chi connectivity index (χ0n) is 12.5. The molecular weight excluding hydrogens is 278 g/mol. The predicted octanol–water partition coefficient (Wildman–Crippen LogP) is 3.22. The molecule has 0 unspecified atom stereocenters. The maximum atomic E-state index is 13.1. The Morgan fingerprint density at radius 1 is 1.48 bits per heavy atom. The molecule has 2 rings (SSSR count). The largest absolute Gasteiger partial charge is 0.376 e. The second-order valence-corrected chi connectivity index (χ2v) is 5.39. The molecule has 0 aliphatic carbocycles. The molecule has 0 bridgehead atoms. The summed E-state index contributed by atoms with van der Waals surface area (Å²) in [5, 5.41) is 0. The van der Waals surface area contributed by atoms with Crippen molar-refractivity contribution >= 4 is 5.91 Å². The van der Waals surface area contributed by atoms with Crippen LogP contribution in [0.3, 0.4) is 0 Å². The molecule has 1 aliphatic rings. The van der Waals surface area contributed by atoms with Crippen molar-refractivity contribution in [2.75, 3.05) is 19.7 Å². The van der Waals surface area contributed by atoms with Crippen molar-refractivity contribution in [3.63, 3.8) is 0 Å². The fourth-order valence-electron chi connectivity index (χ4n) is 2.69. The number of nitrogens with zero attached hydrogens (tertiary/aromatic N) is 2. The highest BCUT2D eigenvalue weighted by Gasteiger charge is 2.28. The van der Waals surface area contributed by atoms with Gasteiger partial charge in [0.05, 0.1) is 6.10 Å². The van der Waals surface area contributed by atoms with E-state index in [0.717, 1.165) is 23.8 Å². The number of hydrogen-bond acceptors (Lipinski definition) is 2. The van der Waals surface area contributed by atoms with Gasteiger partial charge in [0.25, 0.3) is 5.91 Å². The van der Waals surface area contributed by atoms with Gasteiger partial charge >= 0.3 is 6.55 Å². The van der Waals surface area contributed by atoms with Gasteiger partial charge in [-0.25, -0.2) is 0 Å². The fraction of sp³-hybridized carbons (Fsp3) is 0.667. The molecule has 0 aromatic carbocycles. The summed E-state index contributed by atoms with van der Waals surface area (Å²) < 4.78 is 32.6.